The lowest BCUT2D eigenvalue weighted by Gasteiger charge is -2.29. The van der Waals surface area contributed by atoms with E-state index >= 15 is 0 Å². The number of benzene rings is 1. The minimum absolute atomic E-state index is 0.00951. The van der Waals surface area contributed by atoms with Gasteiger partial charge in [-0.05, 0) is 32.2 Å². The summed E-state index contributed by atoms with van der Waals surface area (Å²) in [5.41, 5.74) is 6.46. The van der Waals surface area contributed by atoms with Crippen molar-refractivity contribution >= 4 is 16.5 Å². The van der Waals surface area contributed by atoms with Crippen LogP contribution in [0.15, 0.2) is 23.1 Å². The summed E-state index contributed by atoms with van der Waals surface area (Å²) >= 11 is 0. The molecule has 6 heteroatoms. The molecule has 0 amide bonds. The monoisotopic (exact) mass is 298 g/mol. The topological polar surface area (TPSA) is 64.8 Å². The van der Waals surface area contributed by atoms with Gasteiger partial charge in [-0.1, -0.05) is 0 Å². The molecule has 20 heavy (non-hydrogen) atoms. The van der Waals surface area contributed by atoms with Gasteiger partial charge in [0.25, 0.3) is 0 Å². The van der Waals surface area contributed by atoms with E-state index in [1.54, 1.807) is 18.2 Å². The summed E-state index contributed by atoms with van der Waals surface area (Å²) in [6, 6.07) is 5.30. The first kappa shape index (κ1) is 15.3. The van der Waals surface area contributed by atoms with Crippen LogP contribution in [0.4, 0.5) is 5.69 Å². The molecule has 1 heterocycles. The van der Waals surface area contributed by atoms with E-state index in [1.807, 2.05) is 14.0 Å². The molecule has 1 aliphatic rings. The molecule has 1 aromatic carbocycles. The van der Waals surface area contributed by atoms with Crippen molar-refractivity contribution in [2.75, 3.05) is 44.8 Å². The van der Waals surface area contributed by atoms with E-state index in [1.165, 1.54) is 0 Å². The summed E-state index contributed by atoms with van der Waals surface area (Å²) < 4.78 is 23.6. The van der Waals surface area contributed by atoms with E-state index in [2.05, 4.69) is 4.90 Å². The van der Waals surface area contributed by atoms with Crippen LogP contribution in [0.25, 0.3) is 0 Å². The number of ether oxygens (including phenoxy) is 2. The SMILES string of the molecule is CCOc1ccc(N)c(S(=O)CC2CN(C)CCO2)c1. The van der Waals surface area contributed by atoms with E-state index < -0.39 is 10.8 Å². The Bertz CT molecular complexity index is 481. The lowest BCUT2D eigenvalue weighted by Crippen LogP contribution is -2.42. The molecule has 2 atom stereocenters. The molecule has 0 aromatic heterocycles. The normalized spacial score (nSPS) is 21.6. The van der Waals surface area contributed by atoms with Gasteiger partial charge in [-0.15, -0.1) is 0 Å². The Hall–Kier alpha value is -1.11. The van der Waals surface area contributed by atoms with Gasteiger partial charge in [0.15, 0.2) is 0 Å². The molecule has 0 spiro atoms. The fourth-order valence-corrected chi connectivity index (χ4v) is 3.49. The number of nitrogens with two attached hydrogens (primary N) is 1. The number of likely N-dealkylation sites (N-methyl/N-ethyl adjacent to an activating group) is 1. The maximum atomic E-state index is 12.5. The molecular formula is C14H22N2O3S. The molecule has 112 valence electrons. The third-order valence-corrected chi connectivity index (χ3v) is 4.74. The number of rotatable bonds is 5. The van der Waals surface area contributed by atoms with Crippen LogP contribution in [0, 0.1) is 0 Å². The van der Waals surface area contributed by atoms with Crippen LogP contribution >= 0.6 is 0 Å². The van der Waals surface area contributed by atoms with Crippen molar-refractivity contribution in [3.05, 3.63) is 18.2 Å². The van der Waals surface area contributed by atoms with Gasteiger partial charge in [0.1, 0.15) is 5.75 Å². The number of morpholine rings is 1. The summed E-state index contributed by atoms with van der Waals surface area (Å²) in [7, 11) is 0.866. The zero-order valence-electron chi connectivity index (χ0n) is 12.0. The fourth-order valence-electron chi connectivity index (χ4n) is 2.19. The molecule has 1 fully saturated rings. The van der Waals surface area contributed by atoms with Crippen LogP contribution < -0.4 is 10.5 Å². The summed E-state index contributed by atoms with van der Waals surface area (Å²) in [5.74, 6) is 1.16. The van der Waals surface area contributed by atoms with Crippen molar-refractivity contribution in [2.45, 2.75) is 17.9 Å². The quantitative estimate of drug-likeness (QED) is 0.825. The van der Waals surface area contributed by atoms with Gasteiger partial charge in [0.2, 0.25) is 0 Å². The van der Waals surface area contributed by atoms with Crippen molar-refractivity contribution in [3.8, 4) is 5.75 Å². The van der Waals surface area contributed by atoms with Gasteiger partial charge in [0, 0.05) is 18.8 Å². The van der Waals surface area contributed by atoms with Gasteiger partial charge >= 0.3 is 0 Å². The van der Waals surface area contributed by atoms with E-state index in [0.29, 0.717) is 35.3 Å². The second-order valence-corrected chi connectivity index (χ2v) is 6.36. The molecule has 1 aliphatic heterocycles. The van der Waals surface area contributed by atoms with Crippen molar-refractivity contribution in [1.82, 2.24) is 4.90 Å². The third-order valence-electron chi connectivity index (χ3n) is 3.22. The molecule has 0 saturated carbocycles. The molecule has 0 bridgehead atoms. The molecular weight excluding hydrogens is 276 g/mol. The Morgan fingerprint density at radius 3 is 3.05 bits per heavy atom. The van der Waals surface area contributed by atoms with Crippen molar-refractivity contribution in [3.63, 3.8) is 0 Å². The Morgan fingerprint density at radius 2 is 2.35 bits per heavy atom. The summed E-state index contributed by atoms with van der Waals surface area (Å²) in [6.07, 6.45) is -0.00951. The first-order valence-electron chi connectivity index (χ1n) is 6.81. The van der Waals surface area contributed by atoms with Crippen LogP contribution in [0.3, 0.4) is 0 Å². The Kier molecular flexibility index (Phi) is 5.39. The van der Waals surface area contributed by atoms with E-state index in [-0.39, 0.29) is 6.10 Å². The minimum atomic E-state index is -1.18. The van der Waals surface area contributed by atoms with Crippen molar-refractivity contribution < 1.29 is 13.7 Å². The van der Waals surface area contributed by atoms with Crippen LogP contribution in [0.5, 0.6) is 5.75 Å². The zero-order valence-corrected chi connectivity index (χ0v) is 12.8. The van der Waals surface area contributed by atoms with Gasteiger partial charge < -0.3 is 20.1 Å². The number of anilines is 1. The first-order valence-corrected chi connectivity index (χ1v) is 8.13. The molecule has 0 radical (unpaired) electrons. The van der Waals surface area contributed by atoms with Gasteiger partial charge in [-0.25, -0.2) is 0 Å². The lowest BCUT2D eigenvalue weighted by molar-refractivity contribution is -0.00640. The molecule has 1 saturated heterocycles. The van der Waals surface area contributed by atoms with Gasteiger partial charge in [0.05, 0.1) is 40.8 Å². The smallest absolute Gasteiger partial charge is 0.120 e. The second kappa shape index (κ2) is 7.06. The number of nitrogens with zero attached hydrogens (tertiary/aromatic N) is 1. The summed E-state index contributed by atoms with van der Waals surface area (Å²) in [5, 5.41) is 0. The Labute approximate surface area is 122 Å². The predicted octanol–water partition coefficient (Wildman–Crippen LogP) is 1.11. The van der Waals surface area contributed by atoms with Crippen LogP contribution in [0.2, 0.25) is 0 Å². The van der Waals surface area contributed by atoms with Crippen molar-refractivity contribution in [2.24, 2.45) is 0 Å². The number of nitrogen functional groups attached to an aromatic ring is 1. The third kappa shape index (κ3) is 3.94. The molecule has 1 aromatic rings. The van der Waals surface area contributed by atoms with E-state index in [4.69, 9.17) is 15.2 Å². The molecule has 5 nitrogen and oxygen atoms in total. The average Bonchev–Trinajstić information content (AvgIpc) is 2.41. The van der Waals surface area contributed by atoms with Crippen LogP contribution in [-0.2, 0) is 15.5 Å². The first-order chi connectivity index (χ1) is 9.60. The number of hydrogen-bond acceptors (Lipinski definition) is 5. The Balaban J connectivity index is 2.06. The van der Waals surface area contributed by atoms with Crippen LogP contribution in [-0.4, -0.2) is 54.3 Å². The standard InChI is InChI=1S/C14H22N2O3S/c1-3-18-11-4-5-13(15)14(8-11)20(17)10-12-9-16(2)6-7-19-12/h4-5,8,12H,3,6-7,9-10,15H2,1-2H3. The van der Waals surface area contributed by atoms with E-state index in [0.717, 1.165) is 13.1 Å². The summed E-state index contributed by atoms with van der Waals surface area (Å²) in [6.45, 7) is 4.90. The van der Waals surface area contributed by atoms with Crippen LogP contribution in [0.1, 0.15) is 6.92 Å². The van der Waals surface area contributed by atoms with E-state index in [9.17, 15) is 4.21 Å². The lowest BCUT2D eigenvalue weighted by atomic mass is 10.3. The molecule has 0 aliphatic carbocycles. The highest BCUT2D eigenvalue weighted by molar-refractivity contribution is 7.85. The fraction of sp³-hybridized carbons (Fsp3) is 0.571. The minimum Gasteiger partial charge on any atom is -0.494 e. The molecule has 2 unspecified atom stereocenters. The van der Waals surface area contributed by atoms with Gasteiger partial charge in [-0.2, -0.15) is 0 Å². The highest BCUT2D eigenvalue weighted by Crippen LogP contribution is 2.24. The predicted molar refractivity (Wildman–Crippen MR) is 80.5 cm³/mol. The Morgan fingerprint density at radius 1 is 1.55 bits per heavy atom. The van der Waals surface area contributed by atoms with Crippen molar-refractivity contribution in [1.29, 1.82) is 0 Å². The largest absolute Gasteiger partial charge is 0.494 e. The highest BCUT2D eigenvalue weighted by Gasteiger charge is 2.21. The molecule has 2 rings (SSSR count). The summed E-state index contributed by atoms with van der Waals surface area (Å²) in [4.78, 5) is 2.82. The highest BCUT2D eigenvalue weighted by atomic mass is 32.2. The maximum absolute atomic E-state index is 12.5. The average molecular weight is 298 g/mol. The zero-order chi connectivity index (χ0) is 14.5. The van der Waals surface area contributed by atoms with Gasteiger partial charge in [-0.3, -0.25) is 4.21 Å². The molecule has 2 N–H and O–H groups in total. The second-order valence-electron chi connectivity index (χ2n) is 4.90. The maximum Gasteiger partial charge on any atom is 0.120 e. The number of hydrogen-bond donors (Lipinski definition) is 1.